The van der Waals surface area contributed by atoms with Crippen LogP contribution in [0.1, 0.15) is 219 Å². The van der Waals surface area contributed by atoms with Gasteiger partial charge in [-0.3, -0.25) is 14.1 Å². The second-order valence-electron chi connectivity index (χ2n) is 18.2. The quantitative estimate of drug-likeness (QED) is 0.0196. The summed E-state index contributed by atoms with van der Waals surface area (Å²) in [4.78, 5) is 25.5. The van der Waals surface area contributed by atoms with Crippen LogP contribution in [0.3, 0.4) is 0 Å². The number of ether oxygens (including phenoxy) is 4. The first-order valence-electron chi connectivity index (χ1n) is 26.2. The van der Waals surface area contributed by atoms with E-state index in [4.69, 9.17) is 18.9 Å². The predicted octanol–water partition coefficient (Wildman–Crippen LogP) is 11.9. The van der Waals surface area contributed by atoms with Gasteiger partial charge in [-0.1, -0.05) is 178 Å². The van der Waals surface area contributed by atoms with E-state index in [1.165, 1.54) is 109 Å². The van der Waals surface area contributed by atoms with Crippen LogP contribution in [0.5, 0.6) is 0 Å². The van der Waals surface area contributed by atoms with Crippen molar-refractivity contribution in [2.45, 2.75) is 256 Å². The van der Waals surface area contributed by atoms with Gasteiger partial charge in [0.25, 0.3) is 10.1 Å². The van der Waals surface area contributed by atoms with Gasteiger partial charge in [-0.05, 0) is 77.0 Å². The van der Waals surface area contributed by atoms with Crippen LogP contribution in [0.4, 0.5) is 0 Å². The molecular weight excluding hydrogens is 861 g/mol. The van der Waals surface area contributed by atoms with Gasteiger partial charge < -0.3 is 34.3 Å². The minimum absolute atomic E-state index is 0.139. The fourth-order valence-corrected chi connectivity index (χ4v) is 8.48. The minimum atomic E-state index is -4.61. The van der Waals surface area contributed by atoms with Crippen LogP contribution >= 0.6 is 0 Å². The molecule has 0 aromatic rings. The van der Waals surface area contributed by atoms with Crippen molar-refractivity contribution in [2.24, 2.45) is 0 Å². The summed E-state index contributed by atoms with van der Waals surface area (Å²) in [5, 5.41) is 31.0. The average molecular weight is 955 g/mol. The summed E-state index contributed by atoms with van der Waals surface area (Å²) in [6.45, 7) is 3.71. The third-order valence-corrected chi connectivity index (χ3v) is 12.6. The van der Waals surface area contributed by atoms with Crippen molar-refractivity contribution in [2.75, 3.05) is 19.0 Å². The van der Waals surface area contributed by atoms with Gasteiger partial charge in [0.2, 0.25) is 0 Å². The van der Waals surface area contributed by atoms with Crippen molar-refractivity contribution >= 4 is 22.1 Å². The fraction of sp³-hybridized carbons (Fsp3) is 0.811. The van der Waals surface area contributed by atoms with E-state index in [0.29, 0.717) is 19.3 Å². The maximum atomic E-state index is 12.8. The first kappa shape index (κ1) is 61.6. The lowest BCUT2D eigenvalue weighted by Crippen LogP contribution is -2.60. The molecule has 0 spiro atoms. The number of aliphatic hydroxyl groups excluding tert-OH is 3. The molecule has 0 saturated carbocycles. The molecule has 1 saturated heterocycles. The molecule has 384 valence electrons. The van der Waals surface area contributed by atoms with E-state index in [1.54, 1.807) is 0 Å². The average Bonchev–Trinajstić information content (AvgIpc) is 3.28. The number of esters is 2. The van der Waals surface area contributed by atoms with Crippen molar-refractivity contribution in [3.63, 3.8) is 0 Å². The van der Waals surface area contributed by atoms with Crippen LogP contribution < -0.4 is 0 Å². The van der Waals surface area contributed by atoms with Gasteiger partial charge in [0, 0.05) is 12.8 Å². The highest BCUT2D eigenvalue weighted by molar-refractivity contribution is 7.85. The molecule has 4 N–H and O–H groups in total. The second kappa shape index (κ2) is 42.7. The largest absolute Gasteiger partial charge is 0.462 e. The highest BCUT2D eigenvalue weighted by Crippen LogP contribution is 2.24. The maximum absolute atomic E-state index is 12.8. The first-order chi connectivity index (χ1) is 32.0. The zero-order chi connectivity index (χ0) is 48.4. The van der Waals surface area contributed by atoms with Gasteiger partial charge in [-0.15, -0.1) is 0 Å². The Balaban J connectivity index is 2.38. The highest BCUT2D eigenvalue weighted by Gasteiger charge is 2.46. The predicted molar refractivity (Wildman–Crippen MR) is 266 cm³/mol. The van der Waals surface area contributed by atoms with Gasteiger partial charge in [0.15, 0.2) is 12.4 Å². The van der Waals surface area contributed by atoms with Gasteiger partial charge >= 0.3 is 11.9 Å². The molecule has 0 aliphatic carbocycles. The zero-order valence-electron chi connectivity index (χ0n) is 41.3. The van der Waals surface area contributed by atoms with Crippen LogP contribution in [0.25, 0.3) is 0 Å². The molecule has 0 radical (unpaired) electrons. The minimum Gasteiger partial charge on any atom is -0.462 e. The van der Waals surface area contributed by atoms with E-state index in [9.17, 15) is 37.9 Å². The molecule has 2 unspecified atom stereocenters. The number of unbranched alkanes of at least 4 members (excludes halogenated alkanes) is 24. The lowest BCUT2D eigenvalue weighted by atomic mass is 10.00. The smallest absolute Gasteiger partial charge is 0.306 e. The topological polar surface area (TPSA) is 186 Å². The standard InChI is InChI=1S/C53H94O12S/c1-3-5-7-9-11-13-15-17-19-20-21-22-23-24-25-26-28-29-31-33-35-37-39-41-48(54)62-43-46(44-63-53-52(58)51(57)50(56)47(65-53)45-66(59,60)61)64-49(55)42-40-38-36-34-32-30-27-18-16-14-12-10-8-6-4-2/h12,14,18,26-28,33,35,46-47,50-53,56-58H,3-11,13,15-17,19-25,29-32,34,36-45H2,1-2H3,(H,59,60,61)/b14-12+,27-18+,28-26+,35-33+/t46-,47-,50-,51?,52?,53+/m1/s1. The fourth-order valence-electron chi connectivity index (χ4n) is 7.79. The Labute approximate surface area is 401 Å². The number of hydrogen-bond donors (Lipinski definition) is 4. The SMILES string of the molecule is CCCCC/C=C/C/C=C/CCCCCCCC(=O)O[C@H](COC(=O)CCC/C=C/CC/C=C/CCCCCCCCCCCCCCCC)CO[C@H]1O[C@H](CS(=O)(=O)O)[C@@H](O)C(O)C1O. The Bertz CT molecular complexity index is 1400. The third-order valence-electron chi connectivity index (χ3n) is 11.9. The van der Waals surface area contributed by atoms with E-state index in [-0.39, 0.29) is 19.4 Å². The van der Waals surface area contributed by atoms with Gasteiger partial charge in [-0.25, -0.2) is 0 Å². The molecule has 13 heteroatoms. The molecule has 66 heavy (non-hydrogen) atoms. The lowest BCUT2D eigenvalue weighted by molar-refractivity contribution is -0.297. The van der Waals surface area contributed by atoms with Crippen LogP contribution in [0.2, 0.25) is 0 Å². The normalized spacial score (nSPS) is 19.8. The van der Waals surface area contributed by atoms with E-state index in [2.05, 4.69) is 62.5 Å². The molecule has 0 aromatic heterocycles. The van der Waals surface area contributed by atoms with Crippen LogP contribution in [0.15, 0.2) is 48.6 Å². The second-order valence-corrected chi connectivity index (χ2v) is 19.7. The van der Waals surface area contributed by atoms with Crippen LogP contribution in [0, 0.1) is 0 Å². The number of carbonyl (C=O) groups excluding carboxylic acids is 2. The summed E-state index contributed by atoms with van der Waals surface area (Å²) in [7, 11) is -4.61. The summed E-state index contributed by atoms with van der Waals surface area (Å²) in [6.07, 6.45) is 43.1. The first-order valence-corrected chi connectivity index (χ1v) is 27.8. The highest BCUT2D eigenvalue weighted by atomic mass is 32.2. The molecule has 1 heterocycles. The van der Waals surface area contributed by atoms with Gasteiger partial charge in [0.1, 0.15) is 36.8 Å². The van der Waals surface area contributed by atoms with E-state index >= 15 is 0 Å². The molecule has 0 amide bonds. The Hall–Kier alpha value is -2.39. The van der Waals surface area contributed by atoms with E-state index in [1.807, 2.05) is 0 Å². The van der Waals surface area contributed by atoms with E-state index < -0.39 is 71.2 Å². The van der Waals surface area contributed by atoms with Crippen molar-refractivity contribution in [1.82, 2.24) is 0 Å². The molecule has 0 bridgehead atoms. The van der Waals surface area contributed by atoms with Gasteiger partial charge in [0.05, 0.1) is 6.61 Å². The molecule has 1 aliphatic rings. The van der Waals surface area contributed by atoms with E-state index in [0.717, 1.165) is 64.2 Å². The Kier molecular flexibility index (Phi) is 39.9. The zero-order valence-corrected chi connectivity index (χ0v) is 42.1. The maximum Gasteiger partial charge on any atom is 0.306 e. The summed E-state index contributed by atoms with van der Waals surface area (Å²) in [5.74, 6) is -2.05. The molecule has 0 aromatic carbocycles. The van der Waals surface area contributed by atoms with Crippen molar-refractivity contribution in [3.05, 3.63) is 48.6 Å². The number of hydrogen-bond acceptors (Lipinski definition) is 11. The summed E-state index contributed by atoms with van der Waals surface area (Å²) < 4.78 is 54.2. The lowest BCUT2D eigenvalue weighted by Gasteiger charge is -2.40. The number of rotatable bonds is 44. The molecule has 1 fully saturated rings. The van der Waals surface area contributed by atoms with Crippen molar-refractivity contribution < 1.29 is 56.8 Å². The molecule has 12 nitrogen and oxygen atoms in total. The van der Waals surface area contributed by atoms with Crippen LogP contribution in [-0.2, 0) is 38.7 Å². The molecule has 1 rings (SSSR count). The number of allylic oxidation sites excluding steroid dienone is 8. The summed E-state index contributed by atoms with van der Waals surface area (Å²) in [5.41, 5.74) is 0. The Morgan fingerprint density at radius 3 is 1.47 bits per heavy atom. The molecule has 1 aliphatic heterocycles. The van der Waals surface area contributed by atoms with Crippen molar-refractivity contribution in [1.29, 1.82) is 0 Å². The Morgan fingerprint density at radius 1 is 0.515 bits per heavy atom. The monoisotopic (exact) mass is 955 g/mol. The number of carbonyl (C=O) groups is 2. The molecule has 6 atom stereocenters. The third kappa shape index (κ3) is 36.6. The number of aliphatic hydroxyl groups is 3. The van der Waals surface area contributed by atoms with Crippen molar-refractivity contribution in [3.8, 4) is 0 Å². The molecular formula is C53H94O12S. The Morgan fingerprint density at radius 2 is 0.939 bits per heavy atom. The summed E-state index contributed by atoms with van der Waals surface area (Å²) in [6, 6.07) is 0. The van der Waals surface area contributed by atoms with Crippen LogP contribution in [-0.4, -0.2) is 96.0 Å². The summed E-state index contributed by atoms with van der Waals surface area (Å²) >= 11 is 0. The van der Waals surface area contributed by atoms with Gasteiger partial charge in [-0.2, -0.15) is 8.42 Å².